The molecule has 0 radical (unpaired) electrons. The molecule has 9 nitrogen and oxygen atoms in total. The van der Waals surface area contributed by atoms with E-state index in [1.165, 1.54) is 5.56 Å². The lowest BCUT2D eigenvalue weighted by molar-refractivity contribution is -0.158. The molecule has 1 aliphatic carbocycles. The Kier molecular flexibility index (Phi) is 12.7. The number of nitrogens with zero attached hydrogens (tertiary/aromatic N) is 3. The lowest BCUT2D eigenvalue weighted by Crippen LogP contribution is -2.58. The number of hydrogen-bond donors (Lipinski definition) is 1. The molecule has 47 heavy (non-hydrogen) atoms. The van der Waals surface area contributed by atoms with Crippen molar-refractivity contribution in [2.75, 3.05) is 20.1 Å². The third kappa shape index (κ3) is 8.64. The van der Waals surface area contributed by atoms with E-state index in [0.717, 1.165) is 57.1 Å². The third-order valence-electron chi connectivity index (χ3n) is 10.3. The number of fused-ring (bicyclic) bond motifs is 1. The maximum absolute atomic E-state index is 14.0. The second-order valence-electron chi connectivity index (χ2n) is 14.8. The summed E-state index contributed by atoms with van der Waals surface area (Å²) in [6, 6.07) is 6.45. The minimum atomic E-state index is -0.684. The molecule has 3 aliphatic rings. The Morgan fingerprint density at radius 1 is 0.894 bits per heavy atom. The van der Waals surface area contributed by atoms with Crippen molar-refractivity contribution in [3.63, 3.8) is 0 Å². The first-order chi connectivity index (χ1) is 22.3. The number of likely N-dealkylation sites (N-methyl/N-ethyl adjacent to an activating group) is 1. The molecule has 0 spiro atoms. The standard InChI is InChI=1S/C38H58N4O5/c1-24(2)32(40(8)37(45)34(25(3)4)39-35(43)30-18-11-12-21-41(30)26(5)6)23-27(7)36(44)42-22-14-19-31(42)38(46)47-33-20-13-16-28-15-9-10-17-29(28)33/h9-10,15,17,23-26,30-34H,11-14,16,18-22H2,1-8H3,(H,39,43)/b27-23+/t30-,31+,32-,33-,34?/m1/s1. The number of likely N-dealkylation sites (tertiary alicyclic amines) is 2. The van der Waals surface area contributed by atoms with Gasteiger partial charge in [0.25, 0.3) is 0 Å². The lowest BCUT2D eigenvalue weighted by Gasteiger charge is -2.39. The van der Waals surface area contributed by atoms with Crippen LogP contribution in [0.1, 0.15) is 111 Å². The van der Waals surface area contributed by atoms with Gasteiger partial charge in [0.2, 0.25) is 17.7 Å². The normalized spacial score (nSPS) is 23.4. The summed E-state index contributed by atoms with van der Waals surface area (Å²) in [7, 11) is 1.75. The molecule has 2 aliphatic heterocycles. The van der Waals surface area contributed by atoms with Crippen molar-refractivity contribution in [3.8, 4) is 0 Å². The molecule has 260 valence electrons. The van der Waals surface area contributed by atoms with Gasteiger partial charge in [0.05, 0.1) is 12.1 Å². The molecule has 1 aromatic rings. The van der Waals surface area contributed by atoms with Crippen LogP contribution in [0, 0.1) is 11.8 Å². The number of esters is 1. The van der Waals surface area contributed by atoms with Gasteiger partial charge in [-0.2, -0.15) is 0 Å². The largest absolute Gasteiger partial charge is 0.456 e. The number of hydrogen-bond acceptors (Lipinski definition) is 6. The number of piperidine rings is 1. The van der Waals surface area contributed by atoms with Crippen LogP contribution in [-0.2, 0) is 30.3 Å². The summed E-state index contributed by atoms with van der Waals surface area (Å²) in [5, 5.41) is 3.11. The molecule has 1 unspecified atom stereocenters. The van der Waals surface area contributed by atoms with Crippen molar-refractivity contribution in [2.45, 2.75) is 136 Å². The van der Waals surface area contributed by atoms with E-state index >= 15 is 0 Å². The molecule has 0 saturated carbocycles. The highest BCUT2D eigenvalue weighted by Gasteiger charge is 2.39. The molecular formula is C38H58N4O5. The first-order valence-electron chi connectivity index (χ1n) is 17.9. The summed E-state index contributed by atoms with van der Waals surface area (Å²) in [5.41, 5.74) is 2.78. The van der Waals surface area contributed by atoms with E-state index in [2.05, 4.69) is 30.1 Å². The fraction of sp³-hybridized carbons (Fsp3) is 0.684. The van der Waals surface area contributed by atoms with Gasteiger partial charge >= 0.3 is 5.97 Å². The molecule has 1 aromatic carbocycles. The van der Waals surface area contributed by atoms with Gasteiger partial charge in [-0.3, -0.25) is 19.3 Å². The number of carbonyl (C=O) groups excluding carboxylic acids is 4. The van der Waals surface area contributed by atoms with Crippen LogP contribution in [0.15, 0.2) is 35.9 Å². The van der Waals surface area contributed by atoms with E-state index in [1.807, 2.05) is 52.0 Å². The van der Waals surface area contributed by atoms with Crippen LogP contribution < -0.4 is 5.32 Å². The van der Waals surface area contributed by atoms with E-state index in [1.54, 1.807) is 23.8 Å². The topological polar surface area (TPSA) is 99.3 Å². The molecule has 0 aromatic heterocycles. The van der Waals surface area contributed by atoms with E-state index in [-0.39, 0.29) is 59.8 Å². The third-order valence-corrected chi connectivity index (χ3v) is 10.3. The Morgan fingerprint density at radius 2 is 1.60 bits per heavy atom. The van der Waals surface area contributed by atoms with Crippen LogP contribution >= 0.6 is 0 Å². The van der Waals surface area contributed by atoms with Crippen LogP contribution in [0.4, 0.5) is 0 Å². The van der Waals surface area contributed by atoms with Gasteiger partial charge in [-0.05, 0) is 95.2 Å². The Labute approximate surface area is 282 Å². The first-order valence-corrected chi connectivity index (χ1v) is 17.9. The molecular weight excluding hydrogens is 592 g/mol. The van der Waals surface area contributed by atoms with Crippen molar-refractivity contribution in [1.29, 1.82) is 0 Å². The number of rotatable bonds is 11. The highest BCUT2D eigenvalue weighted by Crippen LogP contribution is 2.34. The molecule has 0 bridgehead atoms. The summed E-state index contributed by atoms with van der Waals surface area (Å²) < 4.78 is 6.05. The SMILES string of the molecule is C/C(=C\[C@H](C(C)C)N(C)C(=O)C(NC(=O)[C@H]1CCCCN1C(C)C)C(C)C)C(=O)N1CCC[C@H]1C(=O)O[C@@H]1CCCc2ccccc21. The predicted molar refractivity (Wildman–Crippen MR) is 184 cm³/mol. The summed E-state index contributed by atoms with van der Waals surface area (Å²) in [6.07, 6.45) is 8.47. The van der Waals surface area contributed by atoms with Crippen LogP contribution in [0.5, 0.6) is 0 Å². The van der Waals surface area contributed by atoms with Gasteiger partial charge in [-0.1, -0.05) is 64.5 Å². The zero-order chi connectivity index (χ0) is 34.4. The van der Waals surface area contributed by atoms with E-state index in [9.17, 15) is 19.2 Å². The van der Waals surface area contributed by atoms with Gasteiger partial charge in [-0.25, -0.2) is 4.79 Å². The summed E-state index contributed by atoms with van der Waals surface area (Å²) >= 11 is 0. The second-order valence-corrected chi connectivity index (χ2v) is 14.8. The summed E-state index contributed by atoms with van der Waals surface area (Å²) in [6.45, 7) is 15.3. The summed E-state index contributed by atoms with van der Waals surface area (Å²) in [5.74, 6) is -0.925. The quantitative estimate of drug-likeness (QED) is 0.253. The van der Waals surface area contributed by atoms with E-state index < -0.39 is 12.1 Å². The van der Waals surface area contributed by atoms with Crippen molar-refractivity contribution in [3.05, 3.63) is 47.0 Å². The van der Waals surface area contributed by atoms with Crippen LogP contribution in [0.3, 0.4) is 0 Å². The molecule has 5 atom stereocenters. The van der Waals surface area contributed by atoms with E-state index in [4.69, 9.17) is 4.74 Å². The molecule has 3 amide bonds. The zero-order valence-corrected chi connectivity index (χ0v) is 30.0. The zero-order valence-electron chi connectivity index (χ0n) is 30.0. The van der Waals surface area contributed by atoms with Crippen molar-refractivity contribution < 1.29 is 23.9 Å². The predicted octanol–water partition coefficient (Wildman–Crippen LogP) is 5.43. The highest BCUT2D eigenvalue weighted by molar-refractivity contribution is 5.96. The smallest absolute Gasteiger partial charge is 0.329 e. The van der Waals surface area contributed by atoms with Gasteiger partial charge in [-0.15, -0.1) is 0 Å². The Bertz CT molecular complexity index is 1310. The average molecular weight is 651 g/mol. The fourth-order valence-corrected chi connectivity index (χ4v) is 7.59. The van der Waals surface area contributed by atoms with Crippen molar-refractivity contribution in [1.82, 2.24) is 20.0 Å². The number of carbonyl (C=O) groups is 4. The summed E-state index contributed by atoms with van der Waals surface area (Å²) in [4.78, 5) is 60.4. The molecule has 4 rings (SSSR count). The molecule has 1 N–H and O–H groups in total. The molecule has 2 saturated heterocycles. The van der Waals surface area contributed by atoms with Gasteiger partial charge in [0.1, 0.15) is 18.2 Å². The number of amides is 3. The number of benzene rings is 1. The lowest BCUT2D eigenvalue weighted by atomic mass is 9.89. The minimum absolute atomic E-state index is 0.00991. The Morgan fingerprint density at radius 3 is 2.28 bits per heavy atom. The number of nitrogens with one attached hydrogen (secondary N) is 1. The van der Waals surface area contributed by atoms with Gasteiger partial charge < -0.3 is 19.9 Å². The Hall–Kier alpha value is -3.20. The number of ether oxygens (including phenoxy) is 1. The van der Waals surface area contributed by atoms with Crippen LogP contribution in [0.25, 0.3) is 0 Å². The van der Waals surface area contributed by atoms with E-state index in [0.29, 0.717) is 18.5 Å². The maximum atomic E-state index is 14.0. The van der Waals surface area contributed by atoms with Gasteiger partial charge in [0, 0.05) is 25.2 Å². The molecule has 9 heteroatoms. The van der Waals surface area contributed by atoms with Crippen LogP contribution in [-0.4, -0.2) is 88.7 Å². The van der Waals surface area contributed by atoms with Crippen molar-refractivity contribution >= 4 is 23.7 Å². The average Bonchev–Trinajstić information content (AvgIpc) is 3.55. The second kappa shape index (κ2) is 16.3. The Balaban J connectivity index is 1.45. The van der Waals surface area contributed by atoms with Crippen molar-refractivity contribution in [2.24, 2.45) is 11.8 Å². The van der Waals surface area contributed by atoms with Crippen LogP contribution in [0.2, 0.25) is 0 Å². The minimum Gasteiger partial charge on any atom is -0.456 e. The number of aryl methyl sites for hydroxylation is 1. The van der Waals surface area contributed by atoms with Gasteiger partial charge in [0.15, 0.2) is 0 Å². The molecule has 2 fully saturated rings. The molecule has 2 heterocycles. The maximum Gasteiger partial charge on any atom is 0.329 e. The highest BCUT2D eigenvalue weighted by atomic mass is 16.5. The monoisotopic (exact) mass is 650 g/mol. The fourth-order valence-electron chi connectivity index (χ4n) is 7.59. The first kappa shape index (κ1) is 36.6.